The van der Waals surface area contributed by atoms with Crippen molar-refractivity contribution in [3.8, 4) is 0 Å². The van der Waals surface area contributed by atoms with Crippen molar-refractivity contribution < 1.29 is 9.21 Å². The second-order valence-corrected chi connectivity index (χ2v) is 7.00. The fourth-order valence-electron chi connectivity index (χ4n) is 2.59. The number of imidazole rings is 1. The summed E-state index contributed by atoms with van der Waals surface area (Å²) in [5.41, 5.74) is 2.13. The van der Waals surface area contributed by atoms with Gasteiger partial charge < -0.3 is 14.3 Å². The van der Waals surface area contributed by atoms with Gasteiger partial charge in [0.25, 0.3) is 0 Å². The number of nitrogens with one attached hydrogen (secondary N) is 1. The predicted octanol–water partition coefficient (Wildman–Crippen LogP) is 4.60. The Balaban J connectivity index is 1.49. The molecule has 6 heteroatoms. The van der Waals surface area contributed by atoms with Crippen molar-refractivity contribution in [1.29, 1.82) is 0 Å². The zero-order valence-corrected chi connectivity index (χ0v) is 15.7. The van der Waals surface area contributed by atoms with Gasteiger partial charge in [0.05, 0.1) is 18.6 Å². The summed E-state index contributed by atoms with van der Waals surface area (Å²) in [5, 5.41) is 3.74. The Morgan fingerprint density at radius 1 is 1.27 bits per heavy atom. The minimum absolute atomic E-state index is 0.0381. The van der Waals surface area contributed by atoms with Gasteiger partial charge in [-0.3, -0.25) is 4.79 Å². The van der Waals surface area contributed by atoms with E-state index < -0.39 is 0 Å². The normalized spacial score (nSPS) is 10.8. The molecule has 1 N–H and O–H groups in total. The van der Waals surface area contributed by atoms with Crippen LogP contribution < -0.4 is 5.32 Å². The molecular weight excluding hydrogens is 346 g/mol. The highest BCUT2D eigenvalue weighted by Crippen LogP contribution is 2.18. The van der Waals surface area contributed by atoms with E-state index in [4.69, 9.17) is 4.42 Å². The number of hydrogen-bond acceptors (Lipinski definition) is 4. The zero-order chi connectivity index (χ0) is 18.2. The number of carbonyl (C=O) groups excluding carboxylic acids is 1. The SMILES string of the molecule is CCCCc1ccc(NC(=O)CSc2nccn2Cc2ccco2)cc1. The third-order valence-electron chi connectivity index (χ3n) is 3.97. The Bertz CT molecular complexity index is 810. The molecule has 0 aliphatic heterocycles. The van der Waals surface area contributed by atoms with E-state index in [9.17, 15) is 4.79 Å². The van der Waals surface area contributed by atoms with E-state index in [2.05, 4.69) is 29.4 Å². The fraction of sp³-hybridized carbons (Fsp3) is 0.300. The first kappa shape index (κ1) is 18.3. The van der Waals surface area contributed by atoms with Crippen LogP contribution in [0.5, 0.6) is 0 Å². The number of aryl methyl sites for hydroxylation is 1. The van der Waals surface area contributed by atoms with Gasteiger partial charge in [-0.05, 0) is 42.7 Å². The highest BCUT2D eigenvalue weighted by Gasteiger charge is 2.09. The van der Waals surface area contributed by atoms with E-state index in [1.54, 1.807) is 12.5 Å². The summed E-state index contributed by atoms with van der Waals surface area (Å²) in [7, 11) is 0. The average molecular weight is 369 g/mol. The molecule has 0 atom stereocenters. The van der Waals surface area contributed by atoms with Crippen molar-refractivity contribution >= 4 is 23.4 Å². The first-order valence-corrected chi connectivity index (χ1v) is 9.78. The van der Waals surface area contributed by atoms with Crippen molar-refractivity contribution in [3.63, 3.8) is 0 Å². The Morgan fingerprint density at radius 2 is 2.12 bits per heavy atom. The summed E-state index contributed by atoms with van der Waals surface area (Å²) in [6.45, 7) is 2.79. The Morgan fingerprint density at radius 3 is 2.85 bits per heavy atom. The number of thioether (sulfide) groups is 1. The molecule has 0 fully saturated rings. The van der Waals surface area contributed by atoms with Gasteiger partial charge in [0.1, 0.15) is 5.76 Å². The number of hydrogen-bond donors (Lipinski definition) is 1. The first-order valence-electron chi connectivity index (χ1n) is 8.79. The van der Waals surface area contributed by atoms with Gasteiger partial charge in [0.15, 0.2) is 5.16 Å². The quantitative estimate of drug-likeness (QED) is 0.560. The zero-order valence-electron chi connectivity index (χ0n) is 14.9. The van der Waals surface area contributed by atoms with Crippen LogP contribution >= 0.6 is 11.8 Å². The second-order valence-electron chi connectivity index (χ2n) is 6.05. The molecule has 0 saturated carbocycles. The van der Waals surface area contributed by atoms with Crippen LogP contribution in [0.15, 0.2) is 64.6 Å². The van der Waals surface area contributed by atoms with Gasteiger partial charge >= 0.3 is 0 Å². The summed E-state index contributed by atoms with van der Waals surface area (Å²) in [6, 6.07) is 11.9. The second kappa shape index (κ2) is 9.29. The maximum absolute atomic E-state index is 12.2. The fourth-order valence-corrected chi connectivity index (χ4v) is 3.35. The van der Waals surface area contributed by atoms with E-state index in [0.717, 1.165) is 23.0 Å². The lowest BCUT2D eigenvalue weighted by Crippen LogP contribution is -2.14. The van der Waals surface area contributed by atoms with Gasteiger partial charge in [0.2, 0.25) is 5.91 Å². The predicted molar refractivity (Wildman–Crippen MR) is 104 cm³/mol. The molecule has 1 amide bonds. The molecule has 2 heterocycles. The van der Waals surface area contributed by atoms with E-state index in [1.807, 2.05) is 35.0 Å². The van der Waals surface area contributed by atoms with Crippen molar-refractivity contribution in [3.05, 3.63) is 66.4 Å². The lowest BCUT2D eigenvalue weighted by atomic mass is 10.1. The van der Waals surface area contributed by atoms with Gasteiger partial charge in [-0.25, -0.2) is 4.98 Å². The minimum Gasteiger partial charge on any atom is -0.467 e. The molecule has 3 rings (SSSR count). The lowest BCUT2D eigenvalue weighted by molar-refractivity contribution is -0.113. The highest BCUT2D eigenvalue weighted by molar-refractivity contribution is 7.99. The molecule has 3 aromatic rings. The number of nitrogens with zero attached hydrogens (tertiary/aromatic N) is 2. The van der Waals surface area contributed by atoms with E-state index in [1.165, 1.54) is 30.2 Å². The van der Waals surface area contributed by atoms with E-state index in [-0.39, 0.29) is 5.91 Å². The number of rotatable bonds is 9. The molecule has 0 unspecified atom stereocenters. The summed E-state index contributed by atoms with van der Waals surface area (Å²) >= 11 is 1.42. The number of amides is 1. The Hall–Kier alpha value is -2.47. The number of benzene rings is 1. The molecule has 26 heavy (non-hydrogen) atoms. The molecule has 2 aromatic heterocycles. The van der Waals surface area contributed by atoms with Crippen molar-refractivity contribution in [1.82, 2.24) is 9.55 Å². The molecule has 0 saturated heterocycles. The minimum atomic E-state index is -0.0381. The number of anilines is 1. The smallest absolute Gasteiger partial charge is 0.234 e. The molecule has 0 radical (unpaired) electrons. The number of unbranched alkanes of at least 4 members (excludes halogenated alkanes) is 1. The van der Waals surface area contributed by atoms with Crippen molar-refractivity contribution in [2.75, 3.05) is 11.1 Å². The van der Waals surface area contributed by atoms with Gasteiger partial charge in [-0.2, -0.15) is 0 Å². The van der Waals surface area contributed by atoms with Crippen molar-refractivity contribution in [2.24, 2.45) is 0 Å². The van der Waals surface area contributed by atoms with E-state index in [0.29, 0.717) is 12.3 Å². The molecule has 0 aliphatic carbocycles. The van der Waals surface area contributed by atoms with Crippen LogP contribution in [0.3, 0.4) is 0 Å². The van der Waals surface area contributed by atoms with Gasteiger partial charge in [0, 0.05) is 18.1 Å². The maximum Gasteiger partial charge on any atom is 0.234 e. The van der Waals surface area contributed by atoms with E-state index >= 15 is 0 Å². The topological polar surface area (TPSA) is 60.1 Å². The summed E-state index contributed by atoms with van der Waals surface area (Å²) < 4.78 is 7.33. The monoisotopic (exact) mass is 369 g/mol. The van der Waals surface area contributed by atoms with Crippen LogP contribution in [0, 0.1) is 0 Å². The molecule has 0 aliphatic rings. The Kier molecular flexibility index (Phi) is 6.55. The van der Waals surface area contributed by atoms with Crippen LogP contribution in [0.1, 0.15) is 31.1 Å². The van der Waals surface area contributed by atoms with Crippen LogP contribution in [-0.2, 0) is 17.8 Å². The molecule has 5 nitrogen and oxygen atoms in total. The lowest BCUT2D eigenvalue weighted by Gasteiger charge is -2.08. The summed E-state index contributed by atoms with van der Waals surface area (Å²) in [4.78, 5) is 16.5. The average Bonchev–Trinajstić information content (AvgIpc) is 3.32. The van der Waals surface area contributed by atoms with Crippen LogP contribution in [0.2, 0.25) is 0 Å². The van der Waals surface area contributed by atoms with Crippen molar-refractivity contribution in [2.45, 2.75) is 37.9 Å². The van der Waals surface area contributed by atoms with Crippen LogP contribution in [-0.4, -0.2) is 21.2 Å². The highest BCUT2D eigenvalue weighted by atomic mass is 32.2. The third-order valence-corrected chi connectivity index (χ3v) is 4.98. The van der Waals surface area contributed by atoms with Crippen LogP contribution in [0.4, 0.5) is 5.69 Å². The van der Waals surface area contributed by atoms with Gasteiger partial charge in [-0.15, -0.1) is 0 Å². The first-order chi connectivity index (χ1) is 12.7. The number of carbonyl (C=O) groups is 1. The summed E-state index contributed by atoms with van der Waals surface area (Å²) in [5.74, 6) is 1.13. The molecular formula is C20H23N3O2S. The largest absolute Gasteiger partial charge is 0.467 e. The maximum atomic E-state index is 12.2. The number of furan rings is 1. The molecule has 1 aromatic carbocycles. The Labute approximate surface area is 157 Å². The number of aromatic nitrogens is 2. The van der Waals surface area contributed by atoms with Crippen LogP contribution in [0.25, 0.3) is 0 Å². The third kappa shape index (κ3) is 5.26. The summed E-state index contributed by atoms with van der Waals surface area (Å²) in [6.07, 6.45) is 8.73. The molecule has 0 spiro atoms. The standard InChI is InChI=1S/C20H23N3O2S/c1-2-3-5-16-7-9-17(10-8-16)22-19(24)15-26-20-21-11-12-23(20)14-18-6-4-13-25-18/h4,6-13H,2-3,5,14-15H2,1H3,(H,22,24). The molecule has 136 valence electrons. The molecule has 0 bridgehead atoms. The van der Waals surface area contributed by atoms with Gasteiger partial charge in [-0.1, -0.05) is 37.2 Å².